The van der Waals surface area contributed by atoms with Crippen molar-refractivity contribution in [2.75, 3.05) is 0 Å². The molecule has 0 radical (unpaired) electrons. The van der Waals surface area contributed by atoms with Gasteiger partial charge in [-0.15, -0.1) is 0 Å². The predicted octanol–water partition coefficient (Wildman–Crippen LogP) is 2.26. The van der Waals surface area contributed by atoms with Crippen LogP contribution >= 0.6 is 0 Å². The lowest BCUT2D eigenvalue weighted by Crippen LogP contribution is -1.83. The van der Waals surface area contributed by atoms with Crippen LogP contribution in [0.1, 0.15) is 11.1 Å². The number of phenolic OH excluding ortho intramolecular Hbond substituents is 3. The summed E-state index contributed by atoms with van der Waals surface area (Å²) < 4.78 is 0. The predicted molar refractivity (Wildman–Crippen MR) is 73.1 cm³/mol. The number of phenols is 3. The normalized spacial score (nSPS) is 11.4. The van der Waals surface area contributed by atoms with Gasteiger partial charge in [0.25, 0.3) is 0 Å². The van der Waals surface area contributed by atoms with E-state index in [0.717, 1.165) is 0 Å². The van der Waals surface area contributed by atoms with E-state index in [-0.39, 0.29) is 17.2 Å². The third-order valence-electron chi connectivity index (χ3n) is 2.41. The van der Waals surface area contributed by atoms with Crippen LogP contribution < -0.4 is 0 Å². The molecule has 0 unspecified atom stereocenters. The molecule has 5 heteroatoms. The molecule has 2 aromatic rings. The lowest BCUT2D eigenvalue weighted by atomic mass is 10.2. The second-order valence-corrected chi connectivity index (χ2v) is 3.79. The molecule has 0 saturated heterocycles. The number of nitrogens with zero attached hydrogens (tertiary/aromatic N) is 2. The Bertz CT molecular complexity index is 636. The van der Waals surface area contributed by atoms with Crippen molar-refractivity contribution in [2.45, 2.75) is 0 Å². The quantitative estimate of drug-likeness (QED) is 0.581. The fourth-order valence-corrected chi connectivity index (χ4v) is 1.43. The molecule has 19 heavy (non-hydrogen) atoms. The Kier molecular flexibility index (Phi) is 3.78. The minimum Gasteiger partial charge on any atom is -0.508 e. The van der Waals surface area contributed by atoms with Gasteiger partial charge in [-0.1, -0.05) is 12.1 Å². The van der Waals surface area contributed by atoms with Crippen LogP contribution in [0.3, 0.4) is 0 Å². The third kappa shape index (κ3) is 3.32. The van der Waals surface area contributed by atoms with Crippen LogP contribution in [0.2, 0.25) is 0 Å². The van der Waals surface area contributed by atoms with Gasteiger partial charge in [0.1, 0.15) is 17.2 Å². The van der Waals surface area contributed by atoms with Crippen molar-refractivity contribution in [3.63, 3.8) is 0 Å². The molecule has 0 aliphatic rings. The zero-order valence-electron chi connectivity index (χ0n) is 9.93. The first-order valence-electron chi connectivity index (χ1n) is 5.53. The zero-order chi connectivity index (χ0) is 13.7. The van der Waals surface area contributed by atoms with Crippen molar-refractivity contribution in [3.8, 4) is 17.2 Å². The molecule has 0 saturated carbocycles. The number of hydrogen-bond donors (Lipinski definition) is 3. The van der Waals surface area contributed by atoms with Crippen molar-refractivity contribution >= 4 is 12.4 Å². The Morgan fingerprint density at radius 1 is 0.737 bits per heavy atom. The van der Waals surface area contributed by atoms with E-state index in [0.29, 0.717) is 11.1 Å². The van der Waals surface area contributed by atoms with Crippen LogP contribution in [0.15, 0.2) is 52.7 Å². The van der Waals surface area contributed by atoms with Crippen LogP contribution in [0.5, 0.6) is 17.2 Å². The Labute approximate surface area is 109 Å². The highest BCUT2D eigenvalue weighted by Gasteiger charge is 1.98. The molecule has 0 aromatic heterocycles. The van der Waals surface area contributed by atoms with E-state index >= 15 is 0 Å². The van der Waals surface area contributed by atoms with Crippen LogP contribution in [-0.4, -0.2) is 27.7 Å². The molecule has 0 bridgehead atoms. The fraction of sp³-hybridized carbons (Fsp3) is 0. The van der Waals surface area contributed by atoms with Crippen LogP contribution in [-0.2, 0) is 0 Å². The Morgan fingerprint density at radius 2 is 1.37 bits per heavy atom. The summed E-state index contributed by atoms with van der Waals surface area (Å²) in [5, 5.41) is 35.7. The van der Waals surface area contributed by atoms with Crippen molar-refractivity contribution in [3.05, 3.63) is 53.6 Å². The standard InChI is InChI=1S/C14H12N2O3/c17-12-6-5-11(14(19)7-12)9-16-15-8-10-3-1-2-4-13(10)18/h1-9,17-19H/b15-8+,16-9+. The van der Waals surface area contributed by atoms with Crippen LogP contribution in [0.25, 0.3) is 0 Å². The molecule has 2 rings (SSSR count). The van der Waals surface area contributed by atoms with Crippen molar-refractivity contribution in [2.24, 2.45) is 10.2 Å². The molecule has 0 atom stereocenters. The summed E-state index contributed by atoms with van der Waals surface area (Å²) in [6, 6.07) is 10.9. The van der Waals surface area contributed by atoms with Gasteiger partial charge in [0.15, 0.2) is 0 Å². The minimum absolute atomic E-state index is 0.0210. The number of para-hydroxylation sites is 1. The Morgan fingerprint density at radius 3 is 2.00 bits per heavy atom. The maximum absolute atomic E-state index is 9.51. The average Bonchev–Trinajstić information content (AvgIpc) is 2.38. The van der Waals surface area contributed by atoms with Gasteiger partial charge in [-0.3, -0.25) is 0 Å². The SMILES string of the molecule is Oc1ccc(/C=N/N=C/c2ccccc2O)c(O)c1. The molecule has 0 heterocycles. The second-order valence-electron chi connectivity index (χ2n) is 3.79. The average molecular weight is 256 g/mol. The largest absolute Gasteiger partial charge is 0.508 e. The van der Waals surface area contributed by atoms with Crippen molar-refractivity contribution in [1.82, 2.24) is 0 Å². The molecule has 2 aromatic carbocycles. The van der Waals surface area contributed by atoms with E-state index in [4.69, 9.17) is 5.11 Å². The summed E-state index contributed by atoms with van der Waals surface area (Å²) >= 11 is 0. The lowest BCUT2D eigenvalue weighted by Gasteiger charge is -1.97. The van der Waals surface area contributed by atoms with E-state index in [9.17, 15) is 10.2 Å². The van der Waals surface area contributed by atoms with E-state index in [1.54, 1.807) is 24.3 Å². The fourth-order valence-electron chi connectivity index (χ4n) is 1.43. The first-order chi connectivity index (χ1) is 9.16. The number of hydrogen-bond acceptors (Lipinski definition) is 5. The van der Waals surface area contributed by atoms with E-state index in [1.165, 1.54) is 30.6 Å². The van der Waals surface area contributed by atoms with Gasteiger partial charge in [-0.05, 0) is 24.3 Å². The highest BCUT2D eigenvalue weighted by atomic mass is 16.3. The maximum Gasteiger partial charge on any atom is 0.128 e. The molecular weight excluding hydrogens is 244 g/mol. The number of aromatic hydroxyl groups is 3. The van der Waals surface area contributed by atoms with Crippen LogP contribution in [0, 0.1) is 0 Å². The van der Waals surface area contributed by atoms with Gasteiger partial charge in [-0.2, -0.15) is 10.2 Å². The summed E-state index contributed by atoms with van der Waals surface area (Å²) in [5.74, 6) is 0.0165. The first kappa shape index (κ1) is 12.6. The highest BCUT2D eigenvalue weighted by molar-refractivity contribution is 5.86. The van der Waals surface area contributed by atoms with E-state index in [2.05, 4.69) is 10.2 Å². The summed E-state index contributed by atoms with van der Waals surface area (Å²) in [6.07, 6.45) is 2.76. The van der Waals surface area contributed by atoms with E-state index < -0.39 is 0 Å². The molecule has 0 aliphatic heterocycles. The molecular formula is C14H12N2O3. The summed E-state index contributed by atoms with van der Waals surface area (Å²) in [7, 11) is 0. The molecule has 5 nitrogen and oxygen atoms in total. The third-order valence-corrected chi connectivity index (χ3v) is 2.41. The Balaban J connectivity index is 2.10. The maximum atomic E-state index is 9.51. The Hall–Kier alpha value is -2.82. The van der Waals surface area contributed by atoms with Gasteiger partial charge >= 0.3 is 0 Å². The van der Waals surface area contributed by atoms with Crippen molar-refractivity contribution < 1.29 is 15.3 Å². The summed E-state index contributed by atoms with van der Waals surface area (Å²) in [4.78, 5) is 0. The topological polar surface area (TPSA) is 85.4 Å². The molecule has 96 valence electrons. The monoisotopic (exact) mass is 256 g/mol. The zero-order valence-corrected chi connectivity index (χ0v) is 9.93. The second kappa shape index (κ2) is 5.68. The van der Waals surface area contributed by atoms with Gasteiger partial charge in [0.05, 0.1) is 12.4 Å². The molecule has 0 amide bonds. The first-order valence-corrected chi connectivity index (χ1v) is 5.53. The van der Waals surface area contributed by atoms with Crippen molar-refractivity contribution in [1.29, 1.82) is 0 Å². The van der Waals surface area contributed by atoms with E-state index in [1.807, 2.05) is 0 Å². The molecule has 0 fully saturated rings. The van der Waals surface area contributed by atoms with Gasteiger partial charge in [0, 0.05) is 17.2 Å². The summed E-state index contributed by atoms with van der Waals surface area (Å²) in [6.45, 7) is 0. The smallest absolute Gasteiger partial charge is 0.128 e. The number of rotatable bonds is 3. The molecule has 3 N–H and O–H groups in total. The van der Waals surface area contributed by atoms with Gasteiger partial charge < -0.3 is 15.3 Å². The highest BCUT2D eigenvalue weighted by Crippen LogP contribution is 2.20. The summed E-state index contributed by atoms with van der Waals surface area (Å²) in [5.41, 5.74) is 0.988. The van der Waals surface area contributed by atoms with Crippen LogP contribution in [0.4, 0.5) is 0 Å². The number of benzene rings is 2. The molecule has 0 spiro atoms. The van der Waals surface area contributed by atoms with Gasteiger partial charge in [-0.25, -0.2) is 0 Å². The van der Waals surface area contributed by atoms with Gasteiger partial charge in [0.2, 0.25) is 0 Å². The lowest BCUT2D eigenvalue weighted by molar-refractivity contribution is 0.450. The molecule has 0 aliphatic carbocycles. The minimum atomic E-state index is -0.0819.